The van der Waals surface area contributed by atoms with Crippen LogP contribution in [0.3, 0.4) is 0 Å². The molecule has 8 heteroatoms. The molecule has 1 aromatic carbocycles. The van der Waals surface area contributed by atoms with Crippen LogP contribution in [0.5, 0.6) is 0 Å². The minimum atomic E-state index is -0.833. The van der Waals surface area contributed by atoms with Gasteiger partial charge in [-0.2, -0.15) is 0 Å². The number of β-amino-alcohol motifs (C(OH)–C–C–N with tert-alkyl or cyclic N) is 1. The first-order valence-corrected chi connectivity index (χ1v) is 9.08. The van der Waals surface area contributed by atoms with Gasteiger partial charge in [-0.3, -0.25) is 9.69 Å². The largest absolute Gasteiger partial charge is 0.395 e. The Hall–Kier alpha value is -3.00. The molecule has 1 atom stereocenters. The molecule has 3 heterocycles. The summed E-state index contributed by atoms with van der Waals surface area (Å²) in [6.45, 7) is 1.41. The Morgan fingerprint density at radius 1 is 1.22 bits per heavy atom. The van der Waals surface area contributed by atoms with Gasteiger partial charge in [0.2, 0.25) is 0 Å². The van der Waals surface area contributed by atoms with E-state index in [4.69, 9.17) is 0 Å². The molecular weight excluding hydrogens is 346 g/mol. The van der Waals surface area contributed by atoms with Crippen LogP contribution in [0.25, 0.3) is 11.4 Å². The van der Waals surface area contributed by atoms with Crippen LogP contribution in [-0.2, 0) is 4.79 Å². The average molecular weight is 367 g/mol. The number of aromatic nitrogens is 2. The van der Waals surface area contributed by atoms with Gasteiger partial charge in [-0.25, -0.2) is 14.8 Å². The zero-order valence-corrected chi connectivity index (χ0v) is 14.9. The Kier molecular flexibility index (Phi) is 4.72. The maximum Gasteiger partial charge on any atom is 0.326 e. The number of carbonyl (C=O) groups is 2. The van der Waals surface area contributed by atoms with Gasteiger partial charge >= 0.3 is 6.03 Å². The van der Waals surface area contributed by atoms with Crippen molar-refractivity contribution in [2.24, 2.45) is 0 Å². The molecule has 4 rings (SSSR count). The molecule has 0 radical (unpaired) electrons. The van der Waals surface area contributed by atoms with Crippen molar-refractivity contribution in [2.45, 2.75) is 19.0 Å². The number of anilines is 2. The number of amides is 2. The number of aliphatic hydroxyl groups excluding tert-OH is 1. The van der Waals surface area contributed by atoms with E-state index < -0.39 is 6.17 Å². The van der Waals surface area contributed by atoms with Crippen molar-refractivity contribution in [2.75, 3.05) is 36.0 Å². The number of aliphatic hydroxyl groups is 1. The van der Waals surface area contributed by atoms with Crippen molar-refractivity contribution in [1.82, 2.24) is 14.9 Å². The lowest BCUT2D eigenvalue weighted by Crippen LogP contribution is -2.52. The van der Waals surface area contributed by atoms with E-state index in [9.17, 15) is 14.7 Å². The molecule has 0 spiro atoms. The van der Waals surface area contributed by atoms with Gasteiger partial charge in [0.1, 0.15) is 5.69 Å². The van der Waals surface area contributed by atoms with Crippen LogP contribution >= 0.6 is 0 Å². The highest BCUT2D eigenvalue weighted by atomic mass is 16.3. The number of likely N-dealkylation sites (tertiary alicyclic amines) is 1. The van der Waals surface area contributed by atoms with E-state index in [-0.39, 0.29) is 19.2 Å². The number of hydrogen-bond acceptors (Lipinski definition) is 6. The topological polar surface area (TPSA) is 89.9 Å². The van der Waals surface area contributed by atoms with Crippen LogP contribution < -0.4 is 9.80 Å². The lowest BCUT2D eigenvalue weighted by Gasteiger charge is -2.29. The van der Waals surface area contributed by atoms with Gasteiger partial charge < -0.3 is 14.9 Å². The molecule has 1 fully saturated rings. The smallest absolute Gasteiger partial charge is 0.326 e. The van der Waals surface area contributed by atoms with Gasteiger partial charge in [-0.15, -0.1) is 0 Å². The van der Waals surface area contributed by atoms with E-state index in [2.05, 4.69) is 9.97 Å². The highest BCUT2D eigenvalue weighted by Gasteiger charge is 2.43. The number of fused-ring (bicyclic) bond motifs is 1. The third-order valence-electron chi connectivity index (χ3n) is 4.94. The van der Waals surface area contributed by atoms with E-state index in [1.165, 1.54) is 4.90 Å². The summed E-state index contributed by atoms with van der Waals surface area (Å²) in [5.74, 6) is 1.000. The predicted molar refractivity (Wildman–Crippen MR) is 100 cm³/mol. The molecule has 1 aromatic heterocycles. The molecule has 2 amide bonds. The number of urea groups is 1. The molecule has 2 aliphatic rings. The monoisotopic (exact) mass is 367 g/mol. The van der Waals surface area contributed by atoms with E-state index >= 15 is 0 Å². The first-order valence-electron chi connectivity index (χ1n) is 9.08. The van der Waals surface area contributed by atoms with Gasteiger partial charge in [-0.05, 0) is 12.8 Å². The molecular formula is C19H21N5O3. The summed E-state index contributed by atoms with van der Waals surface area (Å²) in [4.78, 5) is 38.8. The van der Waals surface area contributed by atoms with Crippen molar-refractivity contribution in [3.05, 3.63) is 36.5 Å². The van der Waals surface area contributed by atoms with Crippen LogP contribution in [-0.4, -0.2) is 64.7 Å². The van der Waals surface area contributed by atoms with Gasteiger partial charge in [0.25, 0.3) is 0 Å². The minimum absolute atomic E-state index is 0.153. The summed E-state index contributed by atoms with van der Waals surface area (Å²) in [5, 5.41) is 9.47. The predicted octanol–water partition coefficient (Wildman–Crippen LogP) is 1.50. The number of benzene rings is 1. The fourth-order valence-corrected chi connectivity index (χ4v) is 3.64. The Morgan fingerprint density at radius 2 is 1.96 bits per heavy atom. The summed E-state index contributed by atoms with van der Waals surface area (Å²) in [5.41, 5.74) is 1.34. The third-order valence-corrected chi connectivity index (χ3v) is 4.94. The zero-order valence-electron chi connectivity index (χ0n) is 14.9. The standard InChI is InChI=1S/C19H21N5O3/c25-11-10-23-16(13-26)24(19(27)22-8-4-5-9-22)15-12-20-17(21-18(15)23)14-6-2-1-3-7-14/h1-3,6-7,12-13,16,25H,4-5,8-11H2. The fraction of sp³-hybridized carbons (Fsp3) is 0.368. The Labute approximate surface area is 157 Å². The quantitative estimate of drug-likeness (QED) is 0.824. The van der Waals surface area contributed by atoms with Gasteiger partial charge in [0.05, 0.1) is 12.8 Å². The normalized spacial score (nSPS) is 18.7. The van der Waals surface area contributed by atoms with Crippen molar-refractivity contribution >= 4 is 23.8 Å². The van der Waals surface area contributed by atoms with Crippen LogP contribution in [0.4, 0.5) is 16.3 Å². The zero-order chi connectivity index (χ0) is 18.8. The Morgan fingerprint density at radius 3 is 2.63 bits per heavy atom. The van der Waals surface area contributed by atoms with Crippen LogP contribution in [0.1, 0.15) is 12.8 Å². The second kappa shape index (κ2) is 7.32. The van der Waals surface area contributed by atoms with Crippen molar-refractivity contribution in [3.63, 3.8) is 0 Å². The highest BCUT2D eigenvalue weighted by molar-refractivity contribution is 6.03. The summed E-state index contributed by atoms with van der Waals surface area (Å²) >= 11 is 0. The molecule has 2 aliphatic heterocycles. The van der Waals surface area contributed by atoms with E-state index in [1.807, 2.05) is 30.3 Å². The molecule has 27 heavy (non-hydrogen) atoms. The molecule has 140 valence electrons. The van der Waals surface area contributed by atoms with Gasteiger partial charge in [0, 0.05) is 25.2 Å². The SMILES string of the molecule is O=CC1N(CCO)c2nc(-c3ccccc3)ncc2N1C(=O)N1CCCC1. The summed E-state index contributed by atoms with van der Waals surface area (Å²) < 4.78 is 0. The van der Waals surface area contributed by atoms with E-state index in [0.717, 1.165) is 18.4 Å². The molecule has 0 saturated carbocycles. The third kappa shape index (κ3) is 3.02. The molecule has 8 nitrogen and oxygen atoms in total. The Bertz CT molecular complexity index is 838. The fourth-order valence-electron chi connectivity index (χ4n) is 3.64. The maximum atomic E-state index is 13.0. The van der Waals surface area contributed by atoms with Crippen LogP contribution in [0.2, 0.25) is 0 Å². The average Bonchev–Trinajstić information content (AvgIpc) is 3.35. The molecule has 1 N–H and O–H groups in total. The molecule has 1 saturated heterocycles. The van der Waals surface area contributed by atoms with Crippen molar-refractivity contribution < 1.29 is 14.7 Å². The first-order chi connectivity index (χ1) is 13.2. The van der Waals surface area contributed by atoms with E-state index in [0.29, 0.717) is 36.7 Å². The number of nitrogens with zero attached hydrogens (tertiary/aromatic N) is 5. The second-order valence-corrected chi connectivity index (χ2v) is 6.58. The van der Waals surface area contributed by atoms with Gasteiger partial charge in [0.15, 0.2) is 24.1 Å². The maximum absolute atomic E-state index is 13.0. The molecule has 0 bridgehead atoms. The number of aldehydes is 1. The molecule has 0 aliphatic carbocycles. The second-order valence-electron chi connectivity index (χ2n) is 6.58. The highest BCUT2D eigenvalue weighted by Crippen LogP contribution is 2.39. The summed E-state index contributed by atoms with van der Waals surface area (Å²) in [7, 11) is 0. The van der Waals surface area contributed by atoms with Crippen LogP contribution in [0, 0.1) is 0 Å². The lowest BCUT2D eigenvalue weighted by atomic mass is 10.2. The number of hydrogen-bond donors (Lipinski definition) is 1. The Balaban J connectivity index is 1.77. The van der Waals surface area contributed by atoms with Crippen molar-refractivity contribution in [1.29, 1.82) is 0 Å². The summed E-state index contributed by atoms with van der Waals surface area (Å²) in [6, 6.07) is 9.29. The van der Waals surface area contributed by atoms with Gasteiger partial charge in [-0.1, -0.05) is 30.3 Å². The van der Waals surface area contributed by atoms with Crippen molar-refractivity contribution in [3.8, 4) is 11.4 Å². The van der Waals surface area contributed by atoms with E-state index in [1.54, 1.807) is 16.0 Å². The minimum Gasteiger partial charge on any atom is -0.395 e. The summed E-state index contributed by atoms with van der Waals surface area (Å²) in [6.07, 6.45) is 3.39. The first kappa shape index (κ1) is 17.4. The molecule has 2 aromatic rings. The lowest BCUT2D eigenvalue weighted by molar-refractivity contribution is -0.108. The number of carbonyl (C=O) groups excluding carboxylic acids is 2. The van der Waals surface area contributed by atoms with Crippen LogP contribution in [0.15, 0.2) is 36.5 Å². The molecule has 1 unspecified atom stereocenters. The number of rotatable bonds is 4.